The fraction of sp³-hybridized carbons (Fsp3) is 0.250. The molecule has 5 nitrogen and oxygen atoms in total. The molecular formula is C20H21N3O2. The van der Waals surface area contributed by atoms with E-state index in [0.717, 1.165) is 11.3 Å². The monoisotopic (exact) mass is 335 g/mol. The first-order valence-electron chi connectivity index (χ1n) is 8.51. The molecule has 0 unspecified atom stereocenters. The molecule has 0 aliphatic carbocycles. The molecule has 1 aliphatic rings. The van der Waals surface area contributed by atoms with Crippen LogP contribution in [0.5, 0.6) is 5.75 Å². The molecule has 3 aromatic rings. The summed E-state index contributed by atoms with van der Waals surface area (Å²) in [5.41, 5.74) is 7.91. The molecule has 3 N–H and O–H groups in total. The molecular weight excluding hydrogens is 314 g/mol. The molecule has 0 saturated carbocycles. The van der Waals surface area contributed by atoms with Crippen LogP contribution in [0.4, 0.5) is 0 Å². The summed E-state index contributed by atoms with van der Waals surface area (Å²) in [4.78, 5) is 17.3. The minimum Gasteiger partial charge on any atom is -0.489 e. The number of rotatable bonds is 5. The van der Waals surface area contributed by atoms with Gasteiger partial charge < -0.3 is 15.5 Å². The number of para-hydroxylation sites is 2. The number of hydrogen-bond donors (Lipinski definition) is 2. The third-order valence-electron chi connectivity index (χ3n) is 4.79. The van der Waals surface area contributed by atoms with Crippen LogP contribution in [0, 0.1) is 0 Å². The molecule has 4 rings (SSSR count). The largest absolute Gasteiger partial charge is 0.489 e. The lowest BCUT2D eigenvalue weighted by Gasteiger charge is -2.21. The number of ether oxygens (including phenoxy) is 1. The number of carbonyl (C=O) groups is 1. The molecule has 1 aliphatic heterocycles. The summed E-state index contributed by atoms with van der Waals surface area (Å²) in [5.74, 6) is 0.531. The van der Waals surface area contributed by atoms with Gasteiger partial charge in [0.2, 0.25) is 5.91 Å². The van der Waals surface area contributed by atoms with E-state index < -0.39 is 0 Å². The van der Waals surface area contributed by atoms with Crippen molar-refractivity contribution in [2.45, 2.75) is 25.1 Å². The van der Waals surface area contributed by atoms with E-state index in [2.05, 4.69) is 22.0 Å². The number of aromatic amines is 1. The Morgan fingerprint density at radius 1 is 1.16 bits per heavy atom. The van der Waals surface area contributed by atoms with E-state index >= 15 is 0 Å². The highest BCUT2D eigenvalue weighted by atomic mass is 16.5. The average Bonchev–Trinajstić information content (AvgIpc) is 3.21. The summed E-state index contributed by atoms with van der Waals surface area (Å²) in [6.45, 7) is 1.36. The smallest absolute Gasteiger partial charge is 0.234 e. The Balaban J connectivity index is 1.52. The molecule has 5 heteroatoms. The van der Waals surface area contributed by atoms with Crippen molar-refractivity contribution >= 4 is 16.8 Å². The van der Waals surface area contributed by atoms with E-state index in [9.17, 15) is 4.79 Å². The lowest BCUT2D eigenvalue weighted by atomic mass is 10.1. The van der Waals surface area contributed by atoms with Crippen molar-refractivity contribution in [1.29, 1.82) is 0 Å². The van der Waals surface area contributed by atoms with E-state index in [-0.39, 0.29) is 18.1 Å². The van der Waals surface area contributed by atoms with Gasteiger partial charge in [-0.05, 0) is 23.8 Å². The zero-order valence-corrected chi connectivity index (χ0v) is 13.9. The number of nitrogens with two attached hydrogens (primary N) is 1. The van der Waals surface area contributed by atoms with Gasteiger partial charge in [-0.2, -0.15) is 0 Å². The van der Waals surface area contributed by atoms with Crippen molar-refractivity contribution in [3.8, 4) is 5.75 Å². The number of hydrogen-bond acceptors (Lipinski definition) is 3. The van der Waals surface area contributed by atoms with Gasteiger partial charge in [-0.15, -0.1) is 0 Å². The lowest BCUT2D eigenvalue weighted by Crippen LogP contribution is -2.39. The Bertz CT molecular complexity index is 875. The number of benzene rings is 2. The number of nitrogens with one attached hydrogen (secondary N) is 1. The number of primary amides is 1. The number of nitrogens with zero attached hydrogens (tertiary/aromatic N) is 1. The van der Waals surface area contributed by atoms with Crippen molar-refractivity contribution in [3.63, 3.8) is 0 Å². The molecule has 0 spiro atoms. The first kappa shape index (κ1) is 15.7. The summed E-state index contributed by atoms with van der Waals surface area (Å²) in [5, 5.41) is 1.18. The van der Waals surface area contributed by atoms with Crippen LogP contribution in [0.3, 0.4) is 0 Å². The number of aromatic nitrogens is 1. The lowest BCUT2D eigenvalue weighted by molar-refractivity contribution is -0.122. The topological polar surface area (TPSA) is 71.4 Å². The number of fused-ring (bicyclic) bond motifs is 1. The molecule has 2 atom stereocenters. The zero-order chi connectivity index (χ0) is 17.2. The maximum absolute atomic E-state index is 11.9. The molecule has 1 fully saturated rings. The molecule has 0 radical (unpaired) electrons. The number of carbonyl (C=O) groups excluding carboxylic acids is 1. The standard InChI is InChI=1S/C20H21N3O2/c21-20(24)19-10-16(25-15-6-2-1-3-7-15)13-23(19)12-14-11-22-18-9-5-4-8-17(14)18/h1-9,11,16,19,22H,10,12-13H2,(H2,21,24)/t16-,19-/m0/s1. The Morgan fingerprint density at radius 2 is 1.92 bits per heavy atom. The van der Waals surface area contributed by atoms with Crippen molar-refractivity contribution in [3.05, 3.63) is 66.4 Å². The van der Waals surface area contributed by atoms with Gasteiger partial charge in [0.25, 0.3) is 0 Å². The quantitative estimate of drug-likeness (QED) is 0.753. The van der Waals surface area contributed by atoms with Crippen LogP contribution in [0.25, 0.3) is 10.9 Å². The third kappa shape index (κ3) is 3.23. The first-order chi connectivity index (χ1) is 12.2. The third-order valence-corrected chi connectivity index (χ3v) is 4.79. The van der Waals surface area contributed by atoms with E-state index in [1.54, 1.807) is 0 Å². The minimum absolute atomic E-state index is 0.0369. The van der Waals surface area contributed by atoms with Crippen molar-refractivity contribution in [1.82, 2.24) is 9.88 Å². The highest BCUT2D eigenvalue weighted by Crippen LogP contribution is 2.27. The highest BCUT2D eigenvalue weighted by Gasteiger charge is 2.37. The van der Waals surface area contributed by atoms with E-state index in [1.807, 2.05) is 48.7 Å². The van der Waals surface area contributed by atoms with E-state index in [1.165, 1.54) is 10.9 Å². The van der Waals surface area contributed by atoms with E-state index in [0.29, 0.717) is 19.5 Å². The van der Waals surface area contributed by atoms with Gasteiger partial charge in [0.05, 0.1) is 6.04 Å². The molecule has 1 amide bonds. The highest BCUT2D eigenvalue weighted by molar-refractivity contribution is 5.83. The molecule has 0 bridgehead atoms. The molecule has 1 aromatic heterocycles. The van der Waals surface area contributed by atoms with Crippen molar-refractivity contribution in [2.75, 3.05) is 6.54 Å². The maximum atomic E-state index is 11.9. The Morgan fingerprint density at radius 3 is 2.72 bits per heavy atom. The van der Waals surface area contributed by atoms with Crippen LogP contribution >= 0.6 is 0 Å². The predicted octanol–water partition coefficient (Wildman–Crippen LogP) is 2.68. The summed E-state index contributed by atoms with van der Waals surface area (Å²) in [7, 11) is 0. The molecule has 2 heterocycles. The zero-order valence-electron chi connectivity index (χ0n) is 13.9. The van der Waals surface area contributed by atoms with E-state index in [4.69, 9.17) is 10.5 Å². The SMILES string of the molecule is NC(=O)[C@@H]1C[C@H](Oc2ccccc2)CN1Cc1c[nH]c2ccccc12. The molecule has 128 valence electrons. The predicted molar refractivity (Wildman–Crippen MR) is 97.2 cm³/mol. The van der Waals surface area contributed by atoms with Gasteiger partial charge in [0.15, 0.2) is 0 Å². The Labute approximate surface area is 146 Å². The number of H-pyrrole nitrogens is 1. The van der Waals surface area contributed by atoms with Gasteiger partial charge in [-0.1, -0.05) is 36.4 Å². The molecule has 2 aromatic carbocycles. The van der Waals surface area contributed by atoms with Gasteiger partial charge in [-0.25, -0.2) is 0 Å². The summed E-state index contributed by atoms with van der Waals surface area (Å²) in [6, 6.07) is 17.6. The van der Waals surface area contributed by atoms with Crippen LogP contribution in [0.1, 0.15) is 12.0 Å². The fourth-order valence-corrected chi connectivity index (χ4v) is 3.59. The Hall–Kier alpha value is -2.79. The summed E-state index contributed by atoms with van der Waals surface area (Å²) >= 11 is 0. The summed E-state index contributed by atoms with van der Waals surface area (Å²) < 4.78 is 6.04. The van der Waals surface area contributed by atoms with Crippen LogP contribution in [0.15, 0.2) is 60.8 Å². The first-order valence-corrected chi connectivity index (χ1v) is 8.51. The van der Waals surface area contributed by atoms with Crippen LogP contribution in [-0.4, -0.2) is 34.5 Å². The maximum Gasteiger partial charge on any atom is 0.234 e. The normalized spacial score (nSPS) is 20.8. The molecule has 1 saturated heterocycles. The van der Waals surface area contributed by atoms with Crippen molar-refractivity contribution in [2.24, 2.45) is 5.73 Å². The van der Waals surface area contributed by atoms with Gasteiger partial charge in [0, 0.05) is 36.6 Å². The second-order valence-electron chi connectivity index (χ2n) is 6.50. The summed E-state index contributed by atoms with van der Waals surface area (Å²) in [6.07, 6.45) is 2.59. The van der Waals surface area contributed by atoms with Gasteiger partial charge in [-0.3, -0.25) is 9.69 Å². The number of likely N-dealkylation sites (tertiary alicyclic amines) is 1. The number of amides is 1. The van der Waals surface area contributed by atoms with Gasteiger partial charge in [0.1, 0.15) is 11.9 Å². The van der Waals surface area contributed by atoms with Crippen LogP contribution < -0.4 is 10.5 Å². The fourth-order valence-electron chi connectivity index (χ4n) is 3.59. The second kappa shape index (κ2) is 6.61. The second-order valence-corrected chi connectivity index (χ2v) is 6.50. The molecule has 25 heavy (non-hydrogen) atoms. The average molecular weight is 335 g/mol. The van der Waals surface area contributed by atoms with Crippen molar-refractivity contribution < 1.29 is 9.53 Å². The van der Waals surface area contributed by atoms with Gasteiger partial charge >= 0.3 is 0 Å². The van der Waals surface area contributed by atoms with Crippen LogP contribution in [0.2, 0.25) is 0 Å². The Kier molecular flexibility index (Phi) is 4.15. The van der Waals surface area contributed by atoms with Crippen LogP contribution in [-0.2, 0) is 11.3 Å². The minimum atomic E-state index is -0.303.